The number of nitrogens with one attached hydrogen (secondary N) is 3. The molecule has 0 bridgehead atoms. The van der Waals surface area contributed by atoms with E-state index in [0.29, 0.717) is 31.2 Å². The van der Waals surface area contributed by atoms with Crippen molar-refractivity contribution in [3.8, 4) is 11.5 Å². The molecule has 6 aromatic carbocycles. The first-order valence-electron chi connectivity index (χ1n) is 36.8. The number of hydrogen-bond acceptors (Lipinski definition) is 39. The number of carbonyl (C=O) groups is 2. The van der Waals surface area contributed by atoms with E-state index in [1.807, 2.05) is 77.8 Å². The second-order valence-corrected chi connectivity index (χ2v) is 35.8. The van der Waals surface area contributed by atoms with E-state index in [0.717, 1.165) is 78.2 Å². The van der Waals surface area contributed by atoms with E-state index in [2.05, 4.69) is 36.5 Å². The number of aliphatic hydroxyl groups excluding tert-OH is 1. The van der Waals surface area contributed by atoms with Crippen molar-refractivity contribution >= 4 is 69.8 Å². The summed E-state index contributed by atoms with van der Waals surface area (Å²) in [5.41, 5.74) is -2.60. The Morgan fingerprint density at radius 3 is 1.42 bits per heavy atom. The Morgan fingerprint density at radius 1 is 0.444 bits per heavy atom. The molecule has 3 aromatic heterocycles. The summed E-state index contributed by atoms with van der Waals surface area (Å²) in [4.78, 5) is 175. The topological polar surface area (TPSA) is 646 Å². The van der Waals surface area contributed by atoms with Gasteiger partial charge in [0.1, 0.15) is 60.3 Å². The molecule has 0 aliphatic carbocycles. The first-order valence-corrected chi connectivity index (χ1v) is 45.6. The van der Waals surface area contributed by atoms with Crippen molar-refractivity contribution in [1.82, 2.24) is 28.7 Å². The predicted molar refractivity (Wildman–Crippen MR) is 407 cm³/mol. The van der Waals surface area contributed by atoms with Crippen molar-refractivity contribution in [2.75, 3.05) is 26.4 Å². The molecule has 14 rings (SSSR count). The fourth-order valence-electron chi connectivity index (χ4n) is 12.8. The Bertz CT molecular complexity index is 5930. The van der Waals surface area contributed by atoms with Gasteiger partial charge < -0.3 is 109 Å². The molecule has 0 amide bonds. The number of carbonyl (C=O) groups excluding carboxylic acids is 1. The number of aryl methyl sites for hydroxylation is 1. The molecule has 0 spiro atoms. The van der Waals surface area contributed by atoms with Crippen LogP contribution < -0.4 is 72.4 Å². The highest BCUT2D eigenvalue weighted by Gasteiger charge is 2.56. The number of phosphoric acid groups is 6. The number of nitrogens with zero attached hydrogens (tertiary/aromatic N) is 3. The van der Waals surface area contributed by atoms with Crippen LogP contribution in [0, 0.1) is 0 Å². The van der Waals surface area contributed by atoms with Crippen LogP contribution in [0.5, 0.6) is 11.5 Å². The summed E-state index contributed by atoms with van der Waals surface area (Å²) in [6.07, 6.45) is -12.8. The minimum Gasteiger partial charge on any atom is -0.756 e. The van der Waals surface area contributed by atoms with E-state index in [9.17, 15) is 100 Å². The van der Waals surface area contributed by atoms with Crippen molar-refractivity contribution in [2.24, 2.45) is 0 Å². The highest BCUT2D eigenvalue weighted by molar-refractivity contribution is 7.60. The summed E-state index contributed by atoms with van der Waals surface area (Å²) >= 11 is 0. The molecule has 9 aromatic rings. The second kappa shape index (κ2) is 41.0. The molecule has 52 heteroatoms. The van der Waals surface area contributed by atoms with E-state index in [1.165, 1.54) is 30.6 Å². The molecule has 5 aliphatic heterocycles. The van der Waals surface area contributed by atoms with Crippen LogP contribution in [0.1, 0.15) is 65.5 Å². The molecule has 5 aliphatic rings. The number of aromatic nitrogens is 6. The molecule has 8 heterocycles. The Kier molecular flexibility index (Phi) is 31.0. The molecular weight excluding hydrogens is 1770 g/mol. The minimum atomic E-state index is -5.67. The third-order valence-electron chi connectivity index (χ3n) is 18.2. The van der Waals surface area contributed by atoms with Crippen LogP contribution in [-0.2, 0) is 120 Å². The van der Waals surface area contributed by atoms with Crippen molar-refractivity contribution in [3.63, 3.8) is 0 Å². The molecule has 11 unspecified atom stereocenters. The van der Waals surface area contributed by atoms with Crippen LogP contribution >= 0.6 is 46.9 Å². The molecule has 5 N–H and O–H groups in total. The summed E-state index contributed by atoms with van der Waals surface area (Å²) in [6.45, 7) is -1.75. The molecule has 0 radical (unpaired) electrons. The zero-order chi connectivity index (χ0) is 88.9. The number of carboxylic acid groups (broad SMARTS) is 1. The number of fused-ring (bicyclic) bond motifs is 3. The van der Waals surface area contributed by atoms with E-state index < -0.39 is 211 Å². The highest BCUT2D eigenvalue weighted by atomic mass is 31.3. The van der Waals surface area contributed by atoms with Gasteiger partial charge in [-0.25, -0.2) is 36.9 Å². The number of rotatable bonds is 34. The van der Waals surface area contributed by atoms with Gasteiger partial charge in [-0.1, -0.05) is 128 Å². The lowest BCUT2D eigenvalue weighted by atomic mass is 10.1. The van der Waals surface area contributed by atoms with Crippen LogP contribution in [-0.4, -0.2) is 145 Å². The van der Waals surface area contributed by atoms with E-state index in [1.54, 1.807) is 55.5 Å². The third kappa shape index (κ3) is 25.9. The molecular formula is C72H72N6O40P6-6. The summed E-state index contributed by atoms with van der Waals surface area (Å²) in [5.74, 6) is -1.81. The second-order valence-electron chi connectivity index (χ2n) is 27.0. The fourth-order valence-corrected chi connectivity index (χ4v) is 18.9. The molecule has 5 fully saturated rings. The zero-order valence-corrected chi connectivity index (χ0v) is 69.2. The Balaban J connectivity index is 0.000000171. The summed E-state index contributed by atoms with van der Waals surface area (Å²) < 4.78 is 168. The third-order valence-corrected chi connectivity index (χ3v) is 25.7. The van der Waals surface area contributed by atoms with Gasteiger partial charge in [-0.15, -0.1) is 0 Å². The van der Waals surface area contributed by atoms with Crippen molar-refractivity contribution in [3.05, 3.63) is 279 Å². The number of benzene rings is 6. The summed E-state index contributed by atoms with van der Waals surface area (Å²) in [6, 6.07) is 46.1. The lowest BCUT2D eigenvalue weighted by Gasteiger charge is -2.31. The van der Waals surface area contributed by atoms with Crippen LogP contribution in [0.3, 0.4) is 0 Å². The molecule has 124 heavy (non-hydrogen) atoms. The lowest BCUT2D eigenvalue weighted by molar-refractivity contribution is -0.248. The van der Waals surface area contributed by atoms with Gasteiger partial charge in [-0.05, 0) is 76.7 Å². The lowest BCUT2D eigenvalue weighted by Crippen LogP contribution is -2.40. The average molecular weight is 1850 g/mol. The van der Waals surface area contributed by atoms with Gasteiger partial charge in [0.25, 0.3) is 55.8 Å². The Morgan fingerprint density at radius 2 is 0.887 bits per heavy atom. The van der Waals surface area contributed by atoms with Gasteiger partial charge in [-0.2, -0.15) is 0 Å². The van der Waals surface area contributed by atoms with Crippen molar-refractivity contribution in [2.45, 2.75) is 125 Å². The maximum Gasteiger partial charge on any atom is 0.514 e. The Hall–Kier alpha value is -9.34. The Labute approximate surface area is 697 Å². The number of H-pyrrole nitrogens is 3. The number of para-hydroxylation sites is 1. The zero-order valence-electron chi connectivity index (χ0n) is 63.9. The summed E-state index contributed by atoms with van der Waals surface area (Å²) in [7, 11) is -32.9. The molecule has 666 valence electrons. The largest absolute Gasteiger partial charge is 0.756 e. The molecule has 5 saturated heterocycles. The molecule has 46 nitrogen and oxygen atoms in total. The highest BCUT2D eigenvalue weighted by Crippen LogP contribution is 2.59. The quantitative estimate of drug-likeness (QED) is 0.0220. The van der Waals surface area contributed by atoms with Crippen LogP contribution in [0.2, 0.25) is 0 Å². The standard InChI is InChI=1S/C27H26N2O14P2.C25H26N2O14P2.C20H26N2O12P2/c30-22-12-13-29(26(32)28-22)25-23(31)24(42-27(33)40-20-8-2-1-3-9-20)21(41-25)16-39-45(36,37)43-44(34,35)38-15-17-10-11-18-6-4-5-7-19(18)14-17;28-19-11-12-27(25(31)26-19)23-22-21(38-20(39-22)10-9-15-5-2-1-3-6-15)18(37-23)14-36-42(32,33)41-43(34,35)40-17-8-4-7-16(13-17)24(29)30;1-2-10-29-35(25,26)34-36(27,28)30-12-14-17-18(19(31-14)22-9-8-15(23)21-20(22)24)33-16(32-17)11-13-6-4-3-5-7-13/h1-14,21,23-25,31H,15-16H2,(H,34,35)(H,36,37)(H,28,30,32);1-8,11-13,18,20-23H,9-10,14H2,(H,29,30)(H,32,33)(H,34,35)(H,26,28,31);3-9,14,16-19H,2,10-12H2,1H3,(H,25,26)(H,27,28)(H,21,23,24)/p-6/t21-,23?,24+,25-;18-,20?,21+,22?,23-;14-,16?,17+,18?,19-/m111/s1. The number of aliphatic hydroxyl groups is 1. The number of carboxylic acids is 1. The summed E-state index contributed by atoms with van der Waals surface area (Å²) in [5, 5.41) is 21.6. The smallest absolute Gasteiger partial charge is 0.514 e. The van der Waals surface area contributed by atoms with Gasteiger partial charge in [0, 0.05) is 49.6 Å². The van der Waals surface area contributed by atoms with Gasteiger partial charge >= 0.3 is 37.0 Å². The fraction of sp³-hybridized carbons (Fsp3) is 0.333. The maximum absolute atomic E-state index is 12.5. The van der Waals surface area contributed by atoms with Crippen molar-refractivity contribution in [1.29, 1.82) is 0 Å². The van der Waals surface area contributed by atoms with Gasteiger partial charge in [0.2, 0.25) is 0 Å². The van der Waals surface area contributed by atoms with Gasteiger partial charge in [-0.3, -0.25) is 70.4 Å². The van der Waals surface area contributed by atoms with Crippen LogP contribution in [0.15, 0.2) is 223 Å². The van der Waals surface area contributed by atoms with Crippen LogP contribution in [0.25, 0.3) is 10.8 Å². The first-order chi connectivity index (χ1) is 58.8. The van der Waals surface area contributed by atoms with Crippen LogP contribution in [0.4, 0.5) is 4.79 Å². The number of aromatic carboxylic acids is 1. The van der Waals surface area contributed by atoms with E-state index in [-0.39, 0.29) is 17.9 Å². The van der Waals surface area contributed by atoms with Crippen molar-refractivity contribution < 1.29 is 159 Å². The predicted octanol–water partition coefficient (Wildman–Crippen LogP) is 2.83. The van der Waals surface area contributed by atoms with Gasteiger partial charge in [0.05, 0.1) is 38.6 Å². The maximum atomic E-state index is 12.5. The first kappa shape index (κ1) is 93.8. The number of hydrogen-bond donors (Lipinski definition) is 5. The minimum absolute atomic E-state index is 0.0736. The number of aromatic amines is 3. The average Bonchev–Trinajstić information content (AvgIpc) is 1.61. The molecule has 20 atom stereocenters. The van der Waals surface area contributed by atoms with E-state index >= 15 is 0 Å². The number of phosphoric ester groups is 6. The monoisotopic (exact) mass is 1850 g/mol. The van der Waals surface area contributed by atoms with Gasteiger partial charge in [0.15, 0.2) is 37.4 Å². The normalized spacial score (nSPS) is 25.5. The van der Waals surface area contributed by atoms with E-state index in [4.69, 9.17) is 61.3 Å². The molecule has 0 saturated carbocycles. The number of ether oxygens (including phenoxy) is 9. The SMILES string of the molecule is CCCOP(=O)([O-])OP(=O)([O-])OC[C@H]1O[C@@H](n2ccc(=O)[nH]c2=O)C2OC(Cc3ccccc3)O[C@H]21.O=C(O)c1cccc(OP(=O)([O-])OP(=O)([O-])OC[C@H]2O[C@@H](n3ccc(=O)[nH]c3=O)C3OC(CCc4ccccc4)O[C@H]32)c1.O=C(Oc1ccccc1)O[C@@H]1C(O)[C@H](n2ccc(=O)[nH]c2=O)O[C@@H]1COP(=O)([O-])OP(=O)([O-])OCc1ccc2ccccc2c1.